The highest BCUT2D eigenvalue weighted by Gasteiger charge is 2.39. The summed E-state index contributed by atoms with van der Waals surface area (Å²) < 4.78 is 0. The number of aryl methyl sites for hydroxylation is 1. The van der Waals surface area contributed by atoms with Crippen LogP contribution in [0.15, 0.2) is 0 Å². The second-order valence-corrected chi connectivity index (χ2v) is 3.23. The molecular formula is C6H11N5. The molecule has 2 rings (SSSR count). The van der Waals surface area contributed by atoms with Gasteiger partial charge in [0, 0.05) is 12.0 Å². The van der Waals surface area contributed by atoms with Crippen molar-refractivity contribution >= 4 is 0 Å². The minimum atomic E-state index is -0.0109. The lowest BCUT2D eigenvalue weighted by molar-refractivity contribution is 0.615. The topological polar surface area (TPSA) is 69.6 Å². The summed E-state index contributed by atoms with van der Waals surface area (Å²) in [6.45, 7) is 0. The van der Waals surface area contributed by atoms with E-state index in [4.69, 9.17) is 5.73 Å². The van der Waals surface area contributed by atoms with Crippen molar-refractivity contribution in [1.82, 2.24) is 20.2 Å². The van der Waals surface area contributed by atoms with Gasteiger partial charge in [0.05, 0.1) is 7.05 Å². The van der Waals surface area contributed by atoms with Crippen molar-refractivity contribution in [2.75, 3.05) is 0 Å². The molecule has 11 heavy (non-hydrogen) atoms. The third-order valence-corrected chi connectivity index (χ3v) is 1.95. The SMILES string of the molecule is Cn1nnc(CC2(N)CC2)n1. The van der Waals surface area contributed by atoms with Crippen LogP contribution in [-0.2, 0) is 13.5 Å². The first-order valence-corrected chi connectivity index (χ1v) is 3.70. The smallest absolute Gasteiger partial charge is 0.176 e. The first-order chi connectivity index (χ1) is 5.18. The van der Waals surface area contributed by atoms with Crippen LogP contribution in [-0.4, -0.2) is 25.7 Å². The fourth-order valence-electron chi connectivity index (χ4n) is 1.05. The van der Waals surface area contributed by atoms with Crippen LogP contribution >= 0.6 is 0 Å². The average Bonchev–Trinajstić information content (AvgIpc) is 2.49. The number of rotatable bonds is 2. The zero-order chi connectivity index (χ0) is 7.90. The van der Waals surface area contributed by atoms with Gasteiger partial charge in [0.2, 0.25) is 0 Å². The highest BCUT2D eigenvalue weighted by atomic mass is 15.6. The molecule has 0 radical (unpaired) electrons. The second kappa shape index (κ2) is 2.01. The Balaban J connectivity index is 2.06. The van der Waals surface area contributed by atoms with Gasteiger partial charge in [-0.05, 0) is 18.1 Å². The molecule has 1 aliphatic rings. The predicted octanol–water partition coefficient (Wildman–Crippen LogP) is -0.756. The number of hydrogen-bond donors (Lipinski definition) is 1. The minimum absolute atomic E-state index is 0.0109. The van der Waals surface area contributed by atoms with Gasteiger partial charge < -0.3 is 5.73 Å². The van der Waals surface area contributed by atoms with Gasteiger partial charge >= 0.3 is 0 Å². The minimum Gasteiger partial charge on any atom is -0.325 e. The van der Waals surface area contributed by atoms with E-state index in [0.717, 1.165) is 25.1 Å². The third kappa shape index (κ3) is 1.37. The van der Waals surface area contributed by atoms with E-state index in [1.54, 1.807) is 7.05 Å². The van der Waals surface area contributed by atoms with E-state index in [-0.39, 0.29) is 5.54 Å². The van der Waals surface area contributed by atoms with Gasteiger partial charge in [-0.1, -0.05) is 0 Å². The first-order valence-electron chi connectivity index (χ1n) is 3.70. The van der Waals surface area contributed by atoms with Crippen molar-refractivity contribution in [3.63, 3.8) is 0 Å². The van der Waals surface area contributed by atoms with Crippen molar-refractivity contribution in [3.05, 3.63) is 5.82 Å². The molecule has 1 heterocycles. The summed E-state index contributed by atoms with van der Waals surface area (Å²) in [6.07, 6.45) is 2.94. The van der Waals surface area contributed by atoms with E-state index in [0.29, 0.717) is 0 Å². The maximum absolute atomic E-state index is 5.87. The largest absolute Gasteiger partial charge is 0.325 e. The second-order valence-electron chi connectivity index (χ2n) is 3.23. The molecule has 5 nitrogen and oxygen atoms in total. The number of hydrogen-bond acceptors (Lipinski definition) is 4. The fourth-order valence-corrected chi connectivity index (χ4v) is 1.05. The third-order valence-electron chi connectivity index (χ3n) is 1.95. The first kappa shape index (κ1) is 6.72. The average molecular weight is 153 g/mol. The maximum Gasteiger partial charge on any atom is 0.176 e. The lowest BCUT2D eigenvalue weighted by Crippen LogP contribution is -2.25. The highest BCUT2D eigenvalue weighted by molar-refractivity contribution is 5.04. The molecule has 1 fully saturated rings. The van der Waals surface area contributed by atoms with Gasteiger partial charge in [-0.25, -0.2) is 0 Å². The van der Waals surface area contributed by atoms with E-state index >= 15 is 0 Å². The monoisotopic (exact) mass is 153 g/mol. The Morgan fingerprint density at radius 3 is 2.82 bits per heavy atom. The molecule has 0 atom stereocenters. The van der Waals surface area contributed by atoms with Gasteiger partial charge in [-0.15, -0.1) is 10.2 Å². The maximum atomic E-state index is 5.87. The number of nitrogens with two attached hydrogens (primary N) is 1. The molecule has 1 saturated carbocycles. The molecule has 0 bridgehead atoms. The van der Waals surface area contributed by atoms with Gasteiger partial charge in [-0.3, -0.25) is 0 Å². The lowest BCUT2D eigenvalue weighted by Gasteiger charge is -2.01. The summed E-state index contributed by atoms with van der Waals surface area (Å²) in [5, 5.41) is 11.6. The Morgan fingerprint density at radius 2 is 2.36 bits per heavy atom. The van der Waals surface area contributed by atoms with Crippen molar-refractivity contribution < 1.29 is 0 Å². The van der Waals surface area contributed by atoms with Crippen LogP contribution in [0.25, 0.3) is 0 Å². The van der Waals surface area contributed by atoms with Crippen LogP contribution in [0, 0.1) is 0 Å². The molecule has 0 aromatic carbocycles. The number of nitrogens with zero attached hydrogens (tertiary/aromatic N) is 4. The van der Waals surface area contributed by atoms with E-state index in [9.17, 15) is 0 Å². The van der Waals surface area contributed by atoms with Crippen LogP contribution in [0.1, 0.15) is 18.7 Å². The Bertz CT molecular complexity index is 262. The Kier molecular flexibility index (Phi) is 1.23. The molecule has 1 aromatic rings. The van der Waals surface area contributed by atoms with Crippen molar-refractivity contribution in [3.8, 4) is 0 Å². The summed E-state index contributed by atoms with van der Waals surface area (Å²) in [5.74, 6) is 0.757. The Hall–Kier alpha value is -0.970. The van der Waals surface area contributed by atoms with E-state index in [1.165, 1.54) is 4.80 Å². The van der Waals surface area contributed by atoms with Gasteiger partial charge in [0.15, 0.2) is 5.82 Å². The molecule has 2 N–H and O–H groups in total. The lowest BCUT2D eigenvalue weighted by atomic mass is 10.2. The van der Waals surface area contributed by atoms with E-state index in [1.807, 2.05) is 0 Å². The number of aromatic nitrogens is 4. The molecule has 0 amide bonds. The predicted molar refractivity (Wildman–Crippen MR) is 38.7 cm³/mol. The molecule has 5 heteroatoms. The van der Waals surface area contributed by atoms with Crippen LogP contribution in [0.3, 0.4) is 0 Å². The summed E-state index contributed by atoms with van der Waals surface area (Å²) in [4.78, 5) is 1.46. The van der Waals surface area contributed by atoms with Crippen LogP contribution in [0.5, 0.6) is 0 Å². The van der Waals surface area contributed by atoms with Crippen LogP contribution in [0.2, 0.25) is 0 Å². The van der Waals surface area contributed by atoms with Crippen molar-refractivity contribution in [1.29, 1.82) is 0 Å². The summed E-state index contributed by atoms with van der Waals surface area (Å²) in [5.41, 5.74) is 5.86. The standard InChI is InChI=1S/C6H11N5/c1-11-9-5(8-10-11)4-6(7)2-3-6/h2-4,7H2,1H3. The molecule has 60 valence electrons. The van der Waals surface area contributed by atoms with Crippen molar-refractivity contribution in [2.45, 2.75) is 24.8 Å². The zero-order valence-corrected chi connectivity index (χ0v) is 6.49. The fraction of sp³-hybridized carbons (Fsp3) is 0.833. The molecule has 0 unspecified atom stereocenters. The highest BCUT2D eigenvalue weighted by Crippen LogP contribution is 2.34. The van der Waals surface area contributed by atoms with Gasteiger partial charge in [0.1, 0.15) is 0 Å². The van der Waals surface area contributed by atoms with Crippen molar-refractivity contribution in [2.24, 2.45) is 12.8 Å². The molecular weight excluding hydrogens is 142 g/mol. The van der Waals surface area contributed by atoms with Gasteiger partial charge in [-0.2, -0.15) is 4.80 Å². The molecule has 0 aliphatic heterocycles. The molecule has 1 aliphatic carbocycles. The summed E-state index contributed by atoms with van der Waals surface area (Å²) >= 11 is 0. The normalized spacial score (nSPS) is 20.2. The molecule has 0 spiro atoms. The quantitative estimate of drug-likeness (QED) is 0.606. The molecule has 0 saturated heterocycles. The summed E-state index contributed by atoms with van der Waals surface area (Å²) in [7, 11) is 1.76. The Morgan fingerprint density at radius 1 is 1.64 bits per heavy atom. The van der Waals surface area contributed by atoms with Crippen LogP contribution < -0.4 is 5.73 Å². The van der Waals surface area contributed by atoms with E-state index < -0.39 is 0 Å². The van der Waals surface area contributed by atoms with Crippen LogP contribution in [0.4, 0.5) is 0 Å². The number of tetrazole rings is 1. The molecule has 1 aromatic heterocycles. The van der Waals surface area contributed by atoms with E-state index in [2.05, 4.69) is 15.4 Å². The van der Waals surface area contributed by atoms with Gasteiger partial charge in [0.25, 0.3) is 0 Å². The zero-order valence-electron chi connectivity index (χ0n) is 6.49. The summed E-state index contributed by atoms with van der Waals surface area (Å²) in [6, 6.07) is 0. The Labute approximate surface area is 64.6 Å².